The lowest BCUT2D eigenvalue weighted by Gasteiger charge is -2.11. The van der Waals surface area contributed by atoms with Crippen molar-refractivity contribution in [1.29, 1.82) is 0 Å². The van der Waals surface area contributed by atoms with Gasteiger partial charge in [0.15, 0.2) is 0 Å². The second kappa shape index (κ2) is 6.25. The Balaban J connectivity index is 2.55. The molecule has 0 heterocycles. The van der Waals surface area contributed by atoms with Crippen LogP contribution >= 0.6 is 23.2 Å². The van der Waals surface area contributed by atoms with Crippen molar-refractivity contribution < 1.29 is 13.5 Å². The Labute approximate surface area is 125 Å². The van der Waals surface area contributed by atoms with Gasteiger partial charge in [0.25, 0.3) is 0 Å². The van der Waals surface area contributed by atoms with Gasteiger partial charge in [-0.1, -0.05) is 41.9 Å². The van der Waals surface area contributed by atoms with E-state index in [1.807, 2.05) is 0 Å². The van der Waals surface area contributed by atoms with Gasteiger partial charge in [0.2, 0.25) is 0 Å². The number of ether oxygens (including phenoxy) is 1. The average Bonchev–Trinajstić information content (AvgIpc) is 2.39. The Kier molecular flexibility index (Phi) is 4.63. The topological polar surface area (TPSA) is 9.23 Å². The smallest absolute Gasteiger partial charge is 0.137 e. The van der Waals surface area contributed by atoms with Gasteiger partial charge in [0.1, 0.15) is 24.0 Å². The molecule has 0 spiro atoms. The Bertz CT molecular complexity index is 613. The zero-order valence-electron chi connectivity index (χ0n) is 10.2. The molecule has 1 radical (unpaired) electrons. The van der Waals surface area contributed by atoms with Crippen LogP contribution in [0.1, 0.15) is 0 Å². The predicted octanol–water partition coefficient (Wildman–Crippen LogP) is 5.30. The molecule has 103 valence electrons. The largest absolute Gasteiger partial charge is 0.489 e. The van der Waals surface area contributed by atoms with E-state index in [1.165, 1.54) is 18.2 Å². The highest BCUT2D eigenvalue weighted by molar-refractivity contribution is 6.39. The first kappa shape index (κ1) is 14.8. The van der Waals surface area contributed by atoms with Crippen LogP contribution in [0.25, 0.3) is 11.1 Å². The van der Waals surface area contributed by atoms with Gasteiger partial charge in [0, 0.05) is 23.8 Å². The lowest BCUT2D eigenvalue weighted by atomic mass is 10.0. The van der Waals surface area contributed by atoms with Crippen LogP contribution in [0.2, 0.25) is 10.0 Å². The van der Waals surface area contributed by atoms with E-state index in [9.17, 15) is 8.78 Å². The second-order valence-corrected chi connectivity index (χ2v) is 4.66. The molecular formula is C15H9Cl2F2O. The molecule has 0 amide bonds. The Hall–Kier alpha value is -1.58. The van der Waals surface area contributed by atoms with Crippen molar-refractivity contribution in [3.8, 4) is 16.9 Å². The monoisotopic (exact) mass is 313 g/mol. The van der Waals surface area contributed by atoms with Crippen LogP contribution in [-0.2, 0) is 0 Å². The first-order valence-electron chi connectivity index (χ1n) is 5.63. The number of halogens is 4. The molecule has 20 heavy (non-hydrogen) atoms. The van der Waals surface area contributed by atoms with Gasteiger partial charge in [-0.2, -0.15) is 0 Å². The molecule has 0 unspecified atom stereocenters. The van der Waals surface area contributed by atoms with E-state index < -0.39 is 11.6 Å². The predicted molar refractivity (Wildman–Crippen MR) is 76.3 cm³/mol. The normalized spacial score (nSPS) is 10.4. The summed E-state index contributed by atoms with van der Waals surface area (Å²) in [5.74, 6) is -1.56. The summed E-state index contributed by atoms with van der Waals surface area (Å²) in [5, 5.41) is 0.196. The van der Waals surface area contributed by atoms with Crippen LogP contribution in [0.4, 0.5) is 8.78 Å². The van der Waals surface area contributed by atoms with Crippen molar-refractivity contribution in [3.05, 3.63) is 64.7 Å². The van der Waals surface area contributed by atoms with Crippen LogP contribution in [0, 0.1) is 17.7 Å². The molecule has 0 N–H and O–H groups in total. The van der Waals surface area contributed by atoms with Crippen molar-refractivity contribution in [2.24, 2.45) is 0 Å². The van der Waals surface area contributed by atoms with Gasteiger partial charge in [-0.15, -0.1) is 0 Å². The molecule has 0 aliphatic rings. The number of benzene rings is 2. The van der Waals surface area contributed by atoms with Crippen LogP contribution in [0.3, 0.4) is 0 Å². The van der Waals surface area contributed by atoms with Crippen molar-refractivity contribution in [1.82, 2.24) is 0 Å². The minimum Gasteiger partial charge on any atom is -0.489 e. The van der Waals surface area contributed by atoms with Gasteiger partial charge >= 0.3 is 0 Å². The number of hydrogen-bond acceptors (Lipinski definition) is 1. The van der Waals surface area contributed by atoms with Crippen molar-refractivity contribution >= 4 is 23.2 Å². The zero-order valence-corrected chi connectivity index (χ0v) is 11.7. The maximum atomic E-state index is 14.1. The molecular weight excluding hydrogens is 305 g/mol. The van der Waals surface area contributed by atoms with E-state index in [0.29, 0.717) is 0 Å². The molecule has 0 aliphatic carbocycles. The molecule has 0 fully saturated rings. The first-order valence-corrected chi connectivity index (χ1v) is 6.39. The summed E-state index contributed by atoms with van der Waals surface area (Å²) < 4.78 is 33.3. The standard InChI is InChI=1S/C15H9Cl2F2O/c1-2-6-20-9-7-12(18)15(13(19)8-9)14-10(16)4-3-5-11(14)17/h2-4,7-8H,1,6H2. The zero-order chi connectivity index (χ0) is 14.7. The highest BCUT2D eigenvalue weighted by Gasteiger charge is 2.19. The number of hydrogen-bond donors (Lipinski definition) is 0. The summed E-state index contributed by atoms with van der Waals surface area (Å²) in [7, 11) is 0. The van der Waals surface area contributed by atoms with Crippen molar-refractivity contribution in [3.63, 3.8) is 0 Å². The molecule has 2 aromatic rings. The minimum absolute atomic E-state index is 0.0510. The lowest BCUT2D eigenvalue weighted by Crippen LogP contribution is -1.98. The molecule has 0 saturated heterocycles. The molecule has 0 atom stereocenters. The molecule has 1 nitrogen and oxygen atoms in total. The summed E-state index contributed by atoms with van der Waals surface area (Å²) >= 11 is 11.9. The van der Waals surface area contributed by atoms with E-state index in [4.69, 9.17) is 27.9 Å². The quantitative estimate of drug-likeness (QED) is 0.696. The SMILES string of the molecule is C=CCOc1cc(F)c(-c2c(Cl)[c]ccc2Cl)c(F)c1. The van der Waals surface area contributed by atoms with Gasteiger partial charge in [-0.25, -0.2) is 8.78 Å². The third kappa shape index (κ3) is 2.94. The summed E-state index contributed by atoms with van der Waals surface area (Å²) in [6.07, 6.45) is 1.48. The van der Waals surface area contributed by atoms with Gasteiger partial charge in [-0.05, 0) is 6.07 Å². The third-order valence-corrected chi connectivity index (χ3v) is 3.14. The Morgan fingerprint density at radius 1 is 1.20 bits per heavy atom. The maximum absolute atomic E-state index is 14.1. The van der Waals surface area contributed by atoms with E-state index in [1.54, 1.807) is 0 Å². The van der Waals surface area contributed by atoms with E-state index in [0.717, 1.165) is 12.1 Å². The highest BCUT2D eigenvalue weighted by atomic mass is 35.5. The highest BCUT2D eigenvalue weighted by Crippen LogP contribution is 2.38. The molecule has 0 aromatic heterocycles. The van der Waals surface area contributed by atoms with Crippen molar-refractivity contribution in [2.75, 3.05) is 6.61 Å². The molecule has 0 saturated carbocycles. The summed E-state index contributed by atoms with van der Waals surface area (Å²) in [5.41, 5.74) is -0.232. The maximum Gasteiger partial charge on any atom is 0.137 e. The van der Waals surface area contributed by atoms with Crippen LogP contribution < -0.4 is 4.74 Å². The van der Waals surface area contributed by atoms with E-state index in [-0.39, 0.29) is 33.5 Å². The van der Waals surface area contributed by atoms with E-state index in [2.05, 4.69) is 12.6 Å². The van der Waals surface area contributed by atoms with Crippen molar-refractivity contribution in [2.45, 2.75) is 0 Å². The average molecular weight is 314 g/mol. The summed E-state index contributed by atoms with van der Waals surface area (Å²) in [6, 6.07) is 7.73. The summed E-state index contributed by atoms with van der Waals surface area (Å²) in [4.78, 5) is 0. The second-order valence-electron chi connectivity index (χ2n) is 3.88. The van der Waals surface area contributed by atoms with Crippen LogP contribution in [-0.4, -0.2) is 6.61 Å². The minimum atomic E-state index is -0.813. The van der Waals surface area contributed by atoms with Crippen LogP contribution in [0.5, 0.6) is 5.75 Å². The Morgan fingerprint density at radius 2 is 1.85 bits per heavy atom. The van der Waals surface area contributed by atoms with Gasteiger partial charge in [0.05, 0.1) is 15.6 Å². The molecule has 2 rings (SSSR count). The molecule has 0 aliphatic heterocycles. The third-order valence-electron chi connectivity index (χ3n) is 2.53. The fourth-order valence-corrected chi connectivity index (χ4v) is 2.26. The lowest BCUT2D eigenvalue weighted by molar-refractivity contribution is 0.358. The van der Waals surface area contributed by atoms with Gasteiger partial charge < -0.3 is 4.74 Å². The molecule has 5 heteroatoms. The fourth-order valence-electron chi connectivity index (χ4n) is 1.70. The van der Waals surface area contributed by atoms with Gasteiger partial charge in [-0.3, -0.25) is 0 Å². The van der Waals surface area contributed by atoms with E-state index >= 15 is 0 Å². The summed E-state index contributed by atoms with van der Waals surface area (Å²) in [6.45, 7) is 3.61. The first-order chi connectivity index (χ1) is 9.54. The molecule has 0 bridgehead atoms. The fraction of sp³-hybridized carbons (Fsp3) is 0.0667. The molecule has 2 aromatic carbocycles. The Morgan fingerprint density at radius 3 is 2.40 bits per heavy atom. The number of rotatable bonds is 4. The van der Waals surface area contributed by atoms with Crippen LogP contribution in [0.15, 0.2) is 36.9 Å².